The Morgan fingerprint density at radius 2 is 2.19 bits per heavy atom. The van der Waals surface area contributed by atoms with E-state index >= 15 is 0 Å². The number of aromatic nitrogens is 1. The van der Waals surface area contributed by atoms with Gasteiger partial charge in [-0.05, 0) is 25.5 Å². The molecule has 1 aliphatic rings. The summed E-state index contributed by atoms with van der Waals surface area (Å²) in [7, 11) is 0. The van der Waals surface area contributed by atoms with Crippen LogP contribution in [0.1, 0.15) is 28.6 Å². The summed E-state index contributed by atoms with van der Waals surface area (Å²) < 4.78 is 4.94. The SMILES string of the molecule is Cc1oncc1C(=O)N1Cc2ccccc2NC(=O)C1C. The molecule has 0 saturated heterocycles. The number of para-hydroxylation sites is 1. The van der Waals surface area contributed by atoms with Gasteiger partial charge in [-0.3, -0.25) is 9.59 Å². The Bertz CT molecular complexity index is 708. The molecule has 1 N–H and O–H groups in total. The van der Waals surface area contributed by atoms with Gasteiger partial charge in [-0.1, -0.05) is 23.4 Å². The summed E-state index contributed by atoms with van der Waals surface area (Å²) in [5.41, 5.74) is 2.03. The molecule has 6 heteroatoms. The maximum atomic E-state index is 12.6. The molecule has 2 aromatic rings. The van der Waals surface area contributed by atoms with Crippen LogP contribution in [0.25, 0.3) is 0 Å². The predicted octanol–water partition coefficient (Wildman–Crippen LogP) is 1.97. The molecule has 2 heterocycles. The van der Waals surface area contributed by atoms with Gasteiger partial charge in [-0.2, -0.15) is 0 Å². The van der Waals surface area contributed by atoms with E-state index in [1.165, 1.54) is 11.1 Å². The number of amides is 2. The summed E-state index contributed by atoms with van der Waals surface area (Å²) in [4.78, 5) is 26.4. The summed E-state index contributed by atoms with van der Waals surface area (Å²) >= 11 is 0. The second-order valence-electron chi connectivity index (χ2n) is 5.05. The van der Waals surface area contributed by atoms with Gasteiger partial charge in [-0.25, -0.2) is 0 Å². The van der Waals surface area contributed by atoms with E-state index < -0.39 is 6.04 Å². The number of carbonyl (C=O) groups excluding carboxylic acids is 2. The number of anilines is 1. The third-order valence-corrected chi connectivity index (χ3v) is 3.70. The van der Waals surface area contributed by atoms with Crippen LogP contribution >= 0.6 is 0 Å². The molecule has 0 fully saturated rings. The van der Waals surface area contributed by atoms with Gasteiger partial charge in [0.15, 0.2) is 0 Å². The third kappa shape index (κ3) is 2.29. The lowest BCUT2D eigenvalue weighted by atomic mass is 10.1. The van der Waals surface area contributed by atoms with E-state index in [1.54, 1.807) is 13.8 Å². The summed E-state index contributed by atoms with van der Waals surface area (Å²) in [5.74, 6) is -0.0133. The summed E-state index contributed by atoms with van der Waals surface area (Å²) in [6.45, 7) is 3.75. The van der Waals surface area contributed by atoms with E-state index in [9.17, 15) is 9.59 Å². The van der Waals surface area contributed by atoms with E-state index in [0.29, 0.717) is 17.9 Å². The highest BCUT2D eigenvalue weighted by molar-refractivity contribution is 6.02. The normalized spacial score (nSPS) is 17.9. The van der Waals surface area contributed by atoms with E-state index in [2.05, 4.69) is 10.5 Å². The van der Waals surface area contributed by atoms with Crippen molar-refractivity contribution < 1.29 is 14.1 Å². The molecule has 1 aromatic carbocycles. The Hall–Kier alpha value is -2.63. The zero-order valence-electron chi connectivity index (χ0n) is 11.8. The second-order valence-corrected chi connectivity index (χ2v) is 5.05. The molecule has 0 saturated carbocycles. The average Bonchev–Trinajstić information content (AvgIpc) is 2.85. The minimum atomic E-state index is -0.570. The largest absolute Gasteiger partial charge is 0.361 e. The van der Waals surface area contributed by atoms with Crippen molar-refractivity contribution >= 4 is 17.5 Å². The van der Waals surface area contributed by atoms with Crippen LogP contribution in [-0.2, 0) is 11.3 Å². The first-order valence-corrected chi connectivity index (χ1v) is 6.69. The summed E-state index contributed by atoms with van der Waals surface area (Å²) in [5, 5.41) is 6.47. The standard InChI is InChI=1S/C15H15N3O3/c1-9-14(19)17-13-6-4-3-5-11(13)8-18(9)15(20)12-7-16-21-10(12)2/h3-7,9H,8H2,1-2H3,(H,17,19). The number of hydrogen-bond acceptors (Lipinski definition) is 4. The molecular weight excluding hydrogens is 270 g/mol. The van der Waals surface area contributed by atoms with E-state index in [-0.39, 0.29) is 11.8 Å². The highest BCUT2D eigenvalue weighted by Gasteiger charge is 2.32. The summed E-state index contributed by atoms with van der Waals surface area (Å²) in [6, 6.07) is 6.89. The second kappa shape index (κ2) is 5.05. The first-order chi connectivity index (χ1) is 10.1. The highest BCUT2D eigenvalue weighted by atomic mass is 16.5. The van der Waals surface area contributed by atoms with E-state index in [0.717, 1.165) is 11.3 Å². The highest BCUT2D eigenvalue weighted by Crippen LogP contribution is 2.24. The smallest absolute Gasteiger partial charge is 0.260 e. The van der Waals surface area contributed by atoms with Crippen LogP contribution in [0.5, 0.6) is 0 Å². The molecule has 2 amide bonds. The van der Waals surface area contributed by atoms with Gasteiger partial charge < -0.3 is 14.7 Å². The van der Waals surface area contributed by atoms with Crippen LogP contribution in [0.3, 0.4) is 0 Å². The van der Waals surface area contributed by atoms with Crippen LogP contribution in [0.15, 0.2) is 35.0 Å². The lowest BCUT2D eigenvalue weighted by molar-refractivity contribution is -0.120. The Labute approximate surface area is 121 Å². The number of benzene rings is 1. The molecule has 3 rings (SSSR count). The van der Waals surface area contributed by atoms with Gasteiger partial charge in [-0.15, -0.1) is 0 Å². The fraction of sp³-hybridized carbons (Fsp3) is 0.267. The van der Waals surface area contributed by atoms with Crippen molar-refractivity contribution in [3.05, 3.63) is 47.3 Å². The first kappa shape index (κ1) is 13.4. The van der Waals surface area contributed by atoms with Gasteiger partial charge in [0, 0.05) is 12.2 Å². The van der Waals surface area contributed by atoms with Gasteiger partial charge in [0.2, 0.25) is 5.91 Å². The number of carbonyl (C=O) groups is 2. The zero-order chi connectivity index (χ0) is 15.0. The van der Waals surface area contributed by atoms with Crippen LogP contribution in [0.4, 0.5) is 5.69 Å². The van der Waals surface area contributed by atoms with Crippen LogP contribution in [0, 0.1) is 6.92 Å². The molecular formula is C15H15N3O3. The minimum Gasteiger partial charge on any atom is -0.361 e. The molecule has 1 atom stereocenters. The van der Waals surface area contributed by atoms with Crippen molar-refractivity contribution in [1.29, 1.82) is 0 Å². The van der Waals surface area contributed by atoms with Crippen LogP contribution in [0.2, 0.25) is 0 Å². The van der Waals surface area contributed by atoms with Crippen molar-refractivity contribution in [2.24, 2.45) is 0 Å². The molecule has 0 radical (unpaired) electrons. The van der Waals surface area contributed by atoms with Crippen LogP contribution in [-0.4, -0.2) is 27.9 Å². The fourth-order valence-electron chi connectivity index (χ4n) is 2.39. The van der Waals surface area contributed by atoms with Gasteiger partial charge in [0.25, 0.3) is 5.91 Å². The monoisotopic (exact) mass is 285 g/mol. The Kier molecular flexibility index (Phi) is 3.21. The zero-order valence-corrected chi connectivity index (χ0v) is 11.8. The molecule has 1 aliphatic heterocycles. The molecule has 0 spiro atoms. The van der Waals surface area contributed by atoms with Gasteiger partial charge >= 0.3 is 0 Å². The van der Waals surface area contributed by atoms with Crippen molar-refractivity contribution in [3.63, 3.8) is 0 Å². The molecule has 1 aromatic heterocycles. The molecule has 1 unspecified atom stereocenters. The number of nitrogens with zero attached hydrogens (tertiary/aromatic N) is 2. The topological polar surface area (TPSA) is 75.4 Å². The van der Waals surface area contributed by atoms with E-state index in [4.69, 9.17) is 4.52 Å². The van der Waals surface area contributed by atoms with Crippen LogP contribution < -0.4 is 5.32 Å². The minimum absolute atomic E-state index is 0.206. The maximum Gasteiger partial charge on any atom is 0.260 e. The lowest BCUT2D eigenvalue weighted by Crippen LogP contribution is -2.43. The third-order valence-electron chi connectivity index (χ3n) is 3.70. The van der Waals surface area contributed by atoms with Gasteiger partial charge in [0.1, 0.15) is 17.4 Å². The number of aryl methyl sites for hydroxylation is 1. The quantitative estimate of drug-likeness (QED) is 0.869. The Morgan fingerprint density at radius 1 is 1.43 bits per heavy atom. The molecule has 0 aliphatic carbocycles. The number of rotatable bonds is 1. The number of hydrogen-bond donors (Lipinski definition) is 1. The predicted molar refractivity (Wildman–Crippen MR) is 75.6 cm³/mol. The average molecular weight is 285 g/mol. The maximum absolute atomic E-state index is 12.6. The Morgan fingerprint density at radius 3 is 2.90 bits per heavy atom. The number of fused-ring (bicyclic) bond motifs is 1. The van der Waals surface area contributed by atoms with E-state index in [1.807, 2.05) is 24.3 Å². The van der Waals surface area contributed by atoms with Crippen molar-refractivity contribution in [2.45, 2.75) is 26.4 Å². The Balaban J connectivity index is 2.00. The molecule has 21 heavy (non-hydrogen) atoms. The molecule has 108 valence electrons. The first-order valence-electron chi connectivity index (χ1n) is 6.69. The lowest BCUT2D eigenvalue weighted by Gasteiger charge is -2.25. The van der Waals surface area contributed by atoms with Crippen molar-refractivity contribution in [1.82, 2.24) is 10.1 Å². The molecule has 0 bridgehead atoms. The summed E-state index contributed by atoms with van der Waals surface area (Å²) in [6.07, 6.45) is 1.39. The van der Waals surface area contributed by atoms with Gasteiger partial charge in [0.05, 0.1) is 6.20 Å². The van der Waals surface area contributed by atoms with Crippen molar-refractivity contribution in [3.8, 4) is 0 Å². The number of nitrogens with one attached hydrogen (secondary N) is 1. The van der Waals surface area contributed by atoms with Crippen molar-refractivity contribution in [2.75, 3.05) is 5.32 Å². The molecule has 6 nitrogen and oxygen atoms in total. The fourth-order valence-corrected chi connectivity index (χ4v) is 2.39.